The summed E-state index contributed by atoms with van der Waals surface area (Å²) in [5.74, 6) is 0.524. The lowest BCUT2D eigenvalue weighted by Gasteiger charge is -2.15. The van der Waals surface area contributed by atoms with Crippen LogP contribution in [0.15, 0.2) is 17.0 Å². The summed E-state index contributed by atoms with van der Waals surface area (Å²) in [7, 11) is -3.70. The minimum Gasteiger partial charge on any atom is -0.392 e. The van der Waals surface area contributed by atoms with Crippen molar-refractivity contribution < 1.29 is 13.5 Å². The van der Waals surface area contributed by atoms with E-state index in [1.807, 2.05) is 0 Å². The zero-order valence-corrected chi connectivity index (χ0v) is 13.4. The Balaban J connectivity index is 2.29. The molecular weight excluding hydrogens is 321 g/mol. The molecule has 1 aromatic rings. The molecule has 1 aliphatic carbocycles. The molecule has 0 aromatic heterocycles. The van der Waals surface area contributed by atoms with Gasteiger partial charge in [0, 0.05) is 11.1 Å². The molecule has 2 N–H and O–H groups in total. The van der Waals surface area contributed by atoms with Crippen molar-refractivity contribution >= 4 is 33.2 Å². The summed E-state index contributed by atoms with van der Waals surface area (Å²) in [6.45, 7) is 1.77. The lowest BCUT2D eigenvalue weighted by Crippen LogP contribution is -2.33. The first-order valence-corrected chi connectivity index (χ1v) is 8.68. The van der Waals surface area contributed by atoms with Gasteiger partial charge in [0.2, 0.25) is 10.0 Å². The van der Waals surface area contributed by atoms with Gasteiger partial charge >= 0.3 is 0 Å². The van der Waals surface area contributed by atoms with Gasteiger partial charge in [-0.1, -0.05) is 30.1 Å². The standard InChI is InChI=1S/C13H17Cl2NO3S/c1-8-2-3-10(4-8)16-20(18,19)13-5-9(7-17)11(14)6-12(13)15/h5-6,8,10,16-17H,2-4,7H2,1H3. The van der Waals surface area contributed by atoms with Gasteiger partial charge in [-0.3, -0.25) is 0 Å². The monoisotopic (exact) mass is 337 g/mol. The lowest BCUT2D eigenvalue weighted by atomic mass is 10.1. The van der Waals surface area contributed by atoms with Crippen LogP contribution in [0.3, 0.4) is 0 Å². The molecule has 0 amide bonds. The lowest BCUT2D eigenvalue weighted by molar-refractivity contribution is 0.281. The molecule has 0 radical (unpaired) electrons. The summed E-state index contributed by atoms with van der Waals surface area (Å²) in [5, 5.41) is 9.49. The molecule has 0 saturated heterocycles. The average Bonchev–Trinajstić information content (AvgIpc) is 2.73. The molecule has 0 spiro atoms. The van der Waals surface area contributed by atoms with Crippen LogP contribution < -0.4 is 4.72 Å². The van der Waals surface area contributed by atoms with Crippen molar-refractivity contribution in [2.75, 3.05) is 0 Å². The SMILES string of the molecule is CC1CCC(NS(=O)(=O)c2cc(CO)c(Cl)cc2Cl)C1. The number of benzene rings is 1. The first-order chi connectivity index (χ1) is 9.33. The second-order valence-corrected chi connectivity index (χ2v) is 7.77. The first-order valence-electron chi connectivity index (χ1n) is 6.44. The summed E-state index contributed by atoms with van der Waals surface area (Å²) in [6, 6.07) is 2.62. The van der Waals surface area contributed by atoms with Crippen molar-refractivity contribution in [2.24, 2.45) is 5.92 Å². The Morgan fingerprint density at radius 3 is 2.55 bits per heavy atom. The zero-order chi connectivity index (χ0) is 14.9. The van der Waals surface area contributed by atoms with Crippen LogP contribution in [0.25, 0.3) is 0 Å². The highest BCUT2D eigenvalue weighted by molar-refractivity contribution is 7.89. The average molecular weight is 338 g/mol. The molecule has 1 aromatic carbocycles. The fourth-order valence-electron chi connectivity index (χ4n) is 2.50. The van der Waals surface area contributed by atoms with Crippen LogP contribution in [-0.2, 0) is 16.6 Å². The van der Waals surface area contributed by atoms with E-state index in [2.05, 4.69) is 11.6 Å². The number of hydrogen-bond donors (Lipinski definition) is 2. The summed E-state index contributed by atoms with van der Waals surface area (Å²) in [5.41, 5.74) is 0.344. The molecular formula is C13H17Cl2NO3S. The van der Waals surface area contributed by atoms with Gasteiger partial charge in [-0.05, 0) is 42.9 Å². The van der Waals surface area contributed by atoms with Crippen LogP contribution in [0, 0.1) is 5.92 Å². The second-order valence-electron chi connectivity index (χ2n) is 5.27. The number of aliphatic hydroxyl groups is 1. The number of aliphatic hydroxyl groups excluding tert-OH is 1. The Labute approximate surface area is 129 Å². The van der Waals surface area contributed by atoms with E-state index in [-0.39, 0.29) is 27.6 Å². The largest absolute Gasteiger partial charge is 0.392 e. The van der Waals surface area contributed by atoms with Crippen molar-refractivity contribution in [1.82, 2.24) is 4.72 Å². The molecule has 2 atom stereocenters. The van der Waals surface area contributed by atoms with Crippen LogP contribution in [0.1, 0.15) is 31.7 Å². The molecule has 4 nitrogen and oxygen atoms in total. The molecule has 20 heavy (non-hydrogen) atoms. The van der Waals surface area contributed by atoms with Crippen LogP contribution >= 0.6 is 23.2 Å². The normalized spacial score (nSPS) is 23.2. The van der Waals surface area contributed by atoms with E-state index < -0.39 is 10.0 Å². The summed E-state index contributed by atoms with van der Waals surface area (Å²) in [6.07, 6.45) is 2.68. The predicted octanol–water partition coefficient (Wildman–Crippen LogP) is 2.95. The number of rotatable bonds is 4. The van der Waals surface area contributed by atoms with Crippen LogP contribution in [0.2, 0.25) is 10.0 Å². The van der Waals surface area contributed by atoms with Crippen LogP contribution in [0.4, 0.5) is 0 Å². The number of hydrogen-bond acceptors (Lipinski definition) is 3. The van der Waals surface area contributed by atoms with E-state index >= 15 is 0 Å². The maximum absolute atomic E-state index is 12.4. The molecule has 7 heteroatoms. The van der Waals surface area contributed by atoms with Crippen molar-refractivity contribution in [3.05, 3.63) is 27.7 Å². The fraction of sp³-hybridized carbons (Fsp3) is 0.538. The van der Waals surface area contributed by atoms with E-state index in [9.17, 15) is 13.5 Å². The fourth-order valence-corrected chi connectivity index (χ4v) is 4.64. The number of nitrogens with one attached hydrogen (secondary N) is 1. The molecule has 0 aliphatic heterocycles. The minimum absolute atomic E-state index is 0.0350. The van der Waals surface area contributed by atoms with E-state index in [0.717, 1.165) is 19.3 Å². The van der Waals surface area contributed by atoms with Crippen molar-refractivity contribution in [1.29, 1.82) is 0 Å². The van der Waals surface area contributed by atoms with Crippen LogP contribution in [-0.4, -0.2) is 19.6 Å². The van der Waals surface area contributed by atoms with Crippen molar-refractivity contribution in [3.8, 4) is 0 Å². The molecule has 0 heterocycles. The summed E-state index contributed by atoms with van der Waals surface area (Å²) < 4.78 is 27.4. The van der Waals surface area contributed by atoms with Gasteiger partial charge in [0.05, 0.1) is 11.6 Å². The van der Waals surface area contributed by atoms with E-state index in [1.54, 1.807) is 0 Å². The highest BCUT2D eigenvalue weighted by Gasteiger charge is 2.28. The van der Waals surface area contributed by atoms with Gasteiger partial charge in [-0.2, -0.15) is 0 Å². The molecule has 2 unspecified atom stereocenters. The van der Waals surface area contributed by atoms with Crippen molar-refractivity contribution in [2.45, 2.75) is 43.7 Å². The number of sulfonamides is 1. The summed E-state index contributed by atoms with van der Waals surface area (Å²) in [4.78, 5) is -0.0350. The highest BCUT2D eigenvalue weighted by Crippen LogP contribution is 2.31. The Kier molecular flexibility index (Phi) is 4.97. The predicted molar refractivity (Wildman–Crippen MR) is 79.5 cm³/mol. The third-order valence-corrected chi connectivity index (χ3v) is 5.91. The minimum atomic E-state index is -3.70. The first kappa shape index (κ1) is 16.0. The van der Waals surface area contributed by atoms with Gasteiger partial charge in [0.25, 0.3) is 0 Å². The third kappa shape index (κ3) is 3.46. The van der Waals surface area contributed by atoms with Crippen molar-refractivity contribution in [3.63, 3.8) is 0 Å². The third-order valence-electron chi connectivity index (χ3n) is 3.58. The molecule has 1 aliphatic rings. The Morgan fingerprint density at radius 1 is 1.30 bits per heavy atom. The Bertz CT molecular complexity index is 604. The van der Waals surface area contributed by atoms with E-state index in [1.165, 1.54) is 12.1 Å². The number of halogens is 2. The zero-order valence-electron chi connectivity index (χ0n) is 11.1. The van der Waals surface area contributed by atoms with Gasteiger partial charge in [-0.25, -0.2) is 13.1 Å². The van der Waals surface area contributed by atoms with Gasteiger partial charge in [-0.15, -0.1) is 0 Å². The molecule has 1 saturated carbocycles. The molecule has 2 rings (SSSR count). The second kappa shape index (κ2) is 6.20. The Morgan fingerprint density at radius 2 is 2.00 bits per heavy atom. The van der Waals surface area contributed by atoms with E-state index in [0.29, 0.717) is 11.5 Å². The quantitative estimate of drug-likeness (QED) is 0.887. The topological polar surface area (TPSA) is 66.4 Å². The van der Waals surface area contributed by atoms with Crippen LogP contribution in [0.5, 0.6) is 0 Å². The van der Waals surface area contributed by atoms with Gasteiger partial charge < -0.3 is 5.11 Å². The highest BCUT2D eigenvalue weighted by atomic mass is 35.5. The maximum Gasteiger partial charge on any atom is 0.242 e. The smallest absolute Gasteiger partial charge is 0.242 e. The maximum atomic E-state index is 12.4. The molecule has 1 fully saturated rings. The van der Waals surface area contributed by atoms with Gasteiger partial charge in [0.1, 0.15) is 4.90 Å². The summed E-state index contributed by atoms with van der Waals surface area (Å²) >= 11 is 11.9. The Hall–Kier alpha value is -0.330. The molecule has 0 bridgehead atoms. The van der Waals surface area contributed by atoms with Gasteiger partial charge in [0.15, 0.2) is 0 Å². The molecule has 112 valence electrons. The van der Waals surface area contributed by atoms with E-state index in [4.69, 9.17) is 23.2 Å².